The third-order valence-corrected chi connectivity index (χ3v) is 5.66. The zero-order chi connectivity index (χ0) is 21.3. The number of H-pyrrole nitrogens is 1. The van der Waals surface area contributed by atoms with E-state index < -0.39 is 17.2 Å². The summed E-state index contributed by atoms with van der Waals surface area (Å²) in [5.41, 5.74) is 5.34. The van der Waals surface area contributed by atoms with Gasteiger partial charge in [-0.3, -0.25) is 19.2 Å². The third-order valence-electron chi connectivity index (χ3n) is 4.93. The number of rotatable bonds is 11. The highest BCUT2D eigenvalue weighted by Gasteiger charge is 2.08. The molecule has 1 aromatic carbocycles. The number of hydrogen-bond donors (Lipinski definition) is 3. The number of carbonyl (C=O) groups excluding carboxylic acids is 1. The van der Waals surface area contributed by atoms with Crippen LogP contribution in [0.1, 0.15) is 37.7 Å². The molecule has 1 unspecified atom stereocenters. The highest BCUT2D eigenvalue weighted by Crippen LogP contribution is 2.23. The summed E-state index contributed by atoms with van der Waals surface area (Å²) in [4.78, 5) is 18.6. The van der Waals surface area contributed by atoms with Crippen LogP contribution in [0.3, 0.4) is 0 Å². The van der Waals surface area contributed by atoms with Gasteiger partial charge in [0.2, 0.25) is 5.91 Å². The SMILES string of the molecule is O=C(CCCCCCN(Cc1ccc(-c2ccc3[nH]ccc3c2)nc1)S(=O)[O-])NO. The van der Waals surface area contributed by atoms with E-state index in [2.05, 4.69) is 16.0 Å². The number of carbonyl (C=O) groups is 1. The Morgan fingerprint density at radius 3 is 2.73 bits per heavy atom. The quantitative estimate of drug-likeness (QED) is 0.187. The van der Waals surface area contributed by atoms with Crippen LogP contribution in [0.4, 0.5) is 0 Å². The molecule has 1 atom stereocenters. The average Bonchev–Trinajstić information content (AvgIpc) is 3.23. The topological polar surface area (TPSA) is 121 Å². The van der Waals surface area contributed by atoms with E-state index in [1.807, 2.05) is 36.5 Å². The molecule has 0 spiro atoms. The summed E-state index contributed by atoms with van der Waals surface area (Å²) in [7, 11) is 0. The minimum Gasteiger partial charge on any atom is -0.760 e. The predicted octanol–water partition coefficient (Wildman–Crippen LogP) is 3.28. The van der Waals surface area contributed by atoms with Gasteiger partial charge in [-0.05, 0) is 42.7 Å². The van der Waals surface area contributed by atoms with Gasteiger partial charge in [0.05, 0.1) is 5.69 Å². The fraction of sp³-hybridized carbons (Fsp3) is 0.333. The van der Waals surface area contributed by atoms with Crippen LogP contribution < -0.4 is 5.48 Å². The molecule has 8 nitrogen and oxygen atoms in total. The van der Waals surface area contributed by atoms with Gasteiger partial charge in [0.25, 0.3) is 0 Å². The molecule has 0 fully saturated rings. The van der Waals surface area contributed by atoms with Crippen LogP contribution in [0.25, 0.3) is 22.2 Å². The van der Waals surface area contributed by atoms with Gasteiger partial charge >= 0.3 is 0 Å². The van der Waals surface area contributed by atoms with Crippen molar-refractivity contribution >= 4 is 28.1 Å². The second-order valence-corrected chi connectivity index (χ2v) is 8.06. The molecular formula is C21H25N4O4S-. The molecule has 3 N–H and O–H groups in total. The molecule has 9 heteroatoms. The van der Waals surface area contributed by atoms with Crippen LogP contribution in [0.5, 0.6) is 0 Å². The van der Waals surface area contributed by atoms with E-state index in [0.717, 1.165) is 40.6 Å². The Bertz CT molecular complexity index is 990. The summed E-state index contributed by atoms with van der Waals surface area (Å²) in [5, 5.41) is 9.56. The van der Waals surface area contributed by atoms with Gasteiger partial charge in [-0.25, -0.2) is 9.79 Å². The van der Waals surface area contributed by atoms with Crippen molar-refractivity contribution in [2.75, 3.05) is 6.54 Å². The highest BCUT2D eigenvalue weighted by atomic mass is 32.2. The van der Waals surface area contributed by atoms with E-state index in [4.69, 9.17) is 5.21 Å². The molecule has 0 bridgehead atoms. The molecule has 160 valence electrons. The highest BCUT2D eigenvalue weighted by molar-refractivity contribution is 7.76. The molecule has 0 aliphatic rings. The number of fused-ring (bicyclic) bond motifs is 1. The first-order chi connectivity index (χ1) is 14.6. The number of benzene rings is 1. The van der Waals surface area contributed by atoms with Crippen LogP contribution in [0.2, 0.25) is 0 Å². The second kappa shape index (κ2) is 11.0. The number of nitrogens with one attached hydrogen (secondary N) is 2. The number of aromatic amines is 1. The zero-order valence-electron chi connectivity index (χ0n) is 16.5. The predicted molar refractivity (Wildman–Crippen MR) is 114 cm³/mol. The van der Waals surface area contributed by atoms with Gasteiger partial charge in [-0.1, -0.05) is 25.0 Å². The van der Waals surface area contributed by atoms with Crippen LogP contribution in [-0.4, -0.2) is 40.7 Å². The normalized spacial score (nSPS) is 12.4. The Kier molecular flexibility index (Phi) is 8.09. The van der Waals surface area contributed by atoms with Gasteiger partial charge in [0.1, 0.15) is 0 Å². The third kappa shape index (κ3) is 6.20. The van der Waals surface area contributed by atoms with E-state index in [-0.39, 0.29) is 13.0 Å². The Balaban J connectivity index is 1.51. The lowest BCUT2D eigenvalue weighted by Gasteiger charge is -2.24. The van der Waals surface area contributed by atoms with Crippen molar-refractivity contribution in [1.29, 1.82) is 0 Å². The van der Waals surface area contributed by atoms with E-state index in [1.165, 1.54) is 4.31 Å². The first kappa shape index (κ1) is 22.1. The summed E-state index contributed by atoms with van der Waals surface area (Å²) < 4.78 is 24.5. The second-order valence-electron chi connectivity index (χ2n) is 7.11. The van der Waals surface area contributed by atoms with Gasteiger partial charge < -0.3 is 9.54 Å². The van der Waals surface area contributed by atoms with Gasteiger partial charge in [-0.2, -0.15) is 0 Å². The monoisotopic (exact) mass is 429 g/mol. The molecule has 3 aromatic rings. The van der Waals surface area contributed by atoms with Crippen LogP contribution >= 0.6 is 0 Å². The molecule has 0 aliphatic heterocycles. The van der Waals surface area contributed by atoms with Crippen LogP contribution in [-0.2, 0) is 22.6 Å². The molecule has 2 aromatic heterocycles. The lowest BCUT2D eigenvalue weighted by Crippen LogP contribution is -2.26. The number of pyridine rings is 1. The molecule has 0 saturated heterocycles. The number of nitrogens with zero attached hydrogens (tertiary/aromatic N) is 2. The van der Waals surface area contributed by atoms with Crippen molar-refractivity contribution in [2.45, 2.75) is 38.6 Å². The molecule has 0 aliphatic carbocycles. The summed E-state index contributed by atoms with van der Waals surface area (Å²) in [6.45, 7) is 0.682. The lowest BCUT2D eigenvalue weighted by atomic mass is 10.1. The minimum absolute atomic E-state index is 0.267. The maximum absolute atomic E-state index is 11.6. The lowest BCUT2D eigenvalue weighted by molar-refractivity contribution is -0.129. The average molecular weight is 430 g/mol. The van der Waals surface area contributed by atoms with E-state index in [9.17, 15) is 13.6 Å². The van der Waals surface area contributed by atoms with Crippen molar-refractivity contribution in [2.24, 2.45) is 0 Å². The van der Waals surface area contributed by atoms with Crippen LogP contribution in [0, 0.1) is 0 Å². The fourth-order valence-corrected chi connectivity index (χ4v) is 3.83. The van der Waals surface area contributed by atoms with E-state index >= 15 is 0 Å². The van der Waals surface area contributed by atoms with Crippen molar-refractivity contribution in [3.05, 3.63) is 54.4 Å². The first-order valence-electron chi connectivity index (χ1n) is 9.86. The maximum atomic E-state index is 11.6. The Labute approximate surface area is 177 Å². The van der Waals surface area contributed by atoms with Gasteiger partial charge in [0.15, 0.2) is 0 Å². The number of hydroxylamine groups is 1. The fourth-order valence-electron chi connectivity index (χ4n) is 3.29. The largest absolute Gasteiger partial charge is 0.760 e. The van der Waals surface area contributed by atoms with Crippen LogP contribution in [0.15, 0.2) is 48.8 Å². The molecule has 0 saturated carbocycles. The molecular weight excluding hydrogens is 404 g/mol. The number of aromatic nitrogens is 2. The molecule has 3 rings (SSSR count). The summed E-state index contributed by atoms with van der Waals surface area (Å²) in [6, 6.07) is 11.9. The van der Waals surface area contributed by atoms with Crippen molar-refractivity contribution in [3.8, 4) is 11.3 Å². The minimum atomic E-state index is -2.32. The number of unbranched alkanes of at least 4 members (excludes halogenated alkanes) is 3. The van der Waals surface area contributed by atoms with Gasteiger partial charge in [-0.15, -0.1) is 0 Å². The van der Waals surface area contributed by atoms with Crippen molar-refractivity contribution in [1.82, 2.24) is 19.8 Å². The Morgan fingerprint density at radius 2 is 2.00 bits per heavy atom. The molecule has 1 amide bonds. The molecule has 0 radical (unpaired) electrons. The summed E-state index contributed by atoms with van der Waals surface area (Å²) >= 11 is -2.32. The zero-order valence-corrected chi connectivity index (χ0v) is 17.4. The van der Waals surface area contributed by atoms with Crippen molar-refractivity contribution < 1.29 is 18.8 Å². The molecule has 30 heavy (non-hydrogen) atoms. The maximum Gasteiger partial charge on any atom is 0.243 e. The number of amides is 1. The Hall–Kier alpha value is -2.59. The van der Waals surface area contributed by atoms with E-state index in [1.54, 1.807) is 11.7 Å². The smallest absolute Gasteiger partial charge is 0.243 e. The summed E-state index contributed by atoms with van der Waals surface area (Å²) in [5.74, 6) is -0.402. The van der Waals surface area contributed by atoms with Crippen molar-refractivity contribution in [3.63, 3.8) is 0 Å². The molecule has 2 heterocycles. The first-order valence-corrected chi connectivity index (χ1v) is 10.9. The standard InChI is InChI=1S/C21H26N4O4S/c26-21(24-27)5-3-1-2-4-12-25(30(28)29)15-16-6-8-20(23-14-16)17-7-9-19-18(13-17)10-11-22-19/h6-11,13-14,22,27H,1-5,12,15H2,(H,24,26)(H,28,29)/p-1. The number of hydrogen-bond acceptors (Lipinski definition) is 5. The Morgan fingerprint density at radius 1 is 1.17 bits per heavy atom. The van der Waals surface area contributed by atoms with Gasteiger partial charge in [0, 0.05) is 59.6 Å². The summed E-state index contributed by atoms with van der Waals surface area (Å²) in [6.07, 6.45) is 6.85. The van der Waals surface area contributed by atoms with E-state index in [0.29, 0.717) is 19.4 Å².